The molecule has 8 nitrogen and oxygen atoms in total. The molecule has 1 spiro atoms. The van der Waals surface area contributed by atoms with Crippen LogP contribution in [0.4, 0.5) is 10.5 Å². The largest absolute Gasteiger partial charge is 0.454 e. The summed E-state index contributed by atoms with van der Waals surface area (Å²) in [7, 11) is 0. The quantitative estimate of drug-likeness (QED) is 0.537. The molecular weight excluding hydrogens is 410 g/mol. The molecule has 1 aliphatic carbocycles. The lowest BCUT2D eigenvalue weighted by molar-refractivity contribution is -0.150. The van der Waals surface area contributed by atoms with Crippen molar-refractivity contribution in [1.82, 2.24) is 10.2 Å². The van der Waals surface area contributed by atoms with E-state index in [0.29, 0.717) is 24.4 Å². The van der Waals surface area contributed by atoms with E-state index < -0.39 is 36.6 Å². The van der Waals surface area contributed by atoms with Crippen molar-refractivity contribution in [2.75, 3.05) is 18.5 Å². The number of aryl methyl sites for hydroxylation is 2. The fourth-order valence-corrected chi connectivity index (χ4v) is 4.51. The first-order chi connectivity index (χ1) is 14.9. The molecule has 3 rings (SSSR count). The lowest BCUT2D eigenvalue weighted by Crippen LogP contribution is -2.50. The van der Waals surface area contributed by atoms with Gasteiger partial charge in [0.15, 0.2) is 6.61 Å². The van der Waals surface area contributed by atoms with Crippen molar-refractivity contribution in [1.29, 1.82) is 0 Å². The molecule has 1 aromatic rings. The minimum Gasteiger partial charge on any atom is -0.454 e. The van der Waals surface area contributed by atoms with Crippen LogP contribution in [-0.4, -0.2) is 47.4 Å². The fraction of sp³-hybridized carbons (Fsp3) is 0.583. The van der Waals surface area contributed by atoms with Crippen LogP contribution in [0.3, 0.4) is 0 Å². The number of imide groups is 1. The maximum Gasteiger partial charge on any atom is 0.326 e. The molecule has 0 radical (unpaired) electrons. The second-order valence-corrected chi connectivity index (χ2v) is 10.1. The van der Waals surface area contributed by atoms with Gasteiger partial charge in [-0.25, -0.2) is 4.79 Å². The molecule has 1 aliphatic heterocycles. The Hall–Kier alpha value is -2.90. The monoisotopic (exact) mass is 443 g/mol. The number of anilines is 1. The lowest BCUT2D eigenvalue weighted by Gasteiger charge is -2.40. The Morgan fingerprint density at radius 3 is 2.47 bits per heavy atom. The van der Waals surface area contributed by atoms with Gasteiger partial charge in [0.25, 0.3) is 11.8 Å². The van der Waals surface area contributed by atoms with Crippen LogP contribution in [0.2, 0.25) is 0 Å². The van der Waals surface area contributed by atoms with E-state index in [1.54, 1.807) is 0 Å². The molecule has 32 heavy (non-hydrogen) atoms. The number of benzene rings is 1. The Morgan fingerprint density at radius 1 is 1.19 bits per heavy atom. The second-order valence-electron chi connectivity index (χ2n) is 10.1. The molecule has 0 bridgehead atoms. The Kier molecular flexibility index (Phi) is 6.62. The number of nitrogens with one attached hydrogen (secondary N) is 2. The third-order valence-corrected chi connectivity index (χ3v) is 6.63. The Morgan fingerprint density at radius 2 is 1.84 bits per heavy atom. The minimum atomic E-state index is -0.931. The Labute approximate surface area is 189 Å². The van der Waals surface area contributed by atoms with E-state index in [0.717, 1.165) is 28.9 Å². The van der Waals surface area contributed by atoms with Crippen LogP contribution in [0.5, 0.6) is 0 Å². The number of nitrogens with zero attached hydrogens (tertiary/aromatic N) is 1. The number of ether oxygens (including phenoxy) is 1. The van der Waals surface area contributed by atoms with E-state index in [9.17, 15) is 19.2 Å². The van der Waals surface area contributed by atoms with Crippen molar-refractivity contribution in [3.8, 4) is 0 Å². The van der Waals surface area contributed by atoms with Gasteiger partial charge in [0.1, 0.15) is 12.1 Å². The molecule has 1 aromatic carbocycles. The molecule has 1 heterocycles. The van der Waals surface area contributed by atoms with Gasteiger partial charge >= 0.3 is 12.0 Å². The fourth-order valence-electron chi connectivity index (χ4n) is 4.51. The van der Waals surface area contributed by atoms with Crippen LogP contribution >= 0.6 is 0 Å². The highest BCUT2D eigenvalue weighted by Gasteiger charge is 2.53. The molecule has 1 saturated heterocycles. The summed E-state index contributed by atoms with van der Waals surface area (Å²) in [4.78, 5) is 50.7. The van der Waals surface area contributed by atoms with Gasteiger partial charge in [-0.15, -0.1) is 0 Å². The summed E-state index contributed by atoms with van der Waals surface area (Å²) in [6, 6.07) is 5.07. The van der Waals surface area contributed by atoms with Crippen molar-refractivity contribution >= 4 is 29.5 Å². The zero-order chi connectivity index (χ0) is 23.7. The zero-order valence-electron chi connectivity index (χ0n) is 19.5. The van der Waals surface area contributed by atoms with Gasteiger partial charge in [0.05, 0.1) is 0 Å². The number of carbonyl (C=O) groups excluding carboxylic acids is 4. The van der Waals surface area contributed by atoms with E-state index in [2.05, 4.69) is 31.4 Å². The summed E-state index contributed by atoms with van der Waals surface area (Å²) in [6.07, 6.45) is 2.80. The molecule has 0 aromatic heterocycles. The molecule has 1 saturated carbocycles. The topological polar surface area (TPSA) is 105 Å². The summed E-state index contributed by atoms with van der Waals surface area (Å²) in [5.41, 5.74) is 1.74. The first-order valence-corrected chi connectivity index (χ1v) is 11.1. The highest BCUT2D eigenvalue weighted by molar-refractivity contribution is 6.08. The highest BCUT2D eigenvalue weighted by Crippen LogP contribution is 2.43. The first-order valence-electron chi connectivity index (χ1n) is 11.1. The predicted octanol–water partition coefficient (Wildman–Crippen LogP) is 3.31. The maximum absolute atomic E-state index is 13.0. The highest BCUT2D eigenvalue weighted by atomic mass is 16.5. The number of carbonyl (C=O) groups is 4. The van der Waals surface area contributed by atoms with Crippen molar-refractivity contribution < 1.29 is 23.9 Å². The summed E-state index contributed by atoms with van der Waals surface area (Å²) in [5, 5.41) is 5.51. The summed E-state index contributed by atoms with van der Waals surface area (Å²) in [6.45, 7) is 9.33. The van der Waals surface area contributed by atoms with Gasteiger partial charge in [-0.3, -0.25) is 19.3 Å². The molecule has 0 unspecified atom stereocenters. The molecule has 2 aliphatic rings. The van der Waals surface area contributed by atoms with Crippen LogP contribution < -0.4 is 10.6 Å². The van der Waals surface area contributed by atoms with Gasteiger partial charge in [-0.2, -0.15) is 0 Å². The van der Waals surface area contributed by atoms with Gasteiger partial charge in [-0.05, 0) is 68.1 Å². The second kappa shape index (κ2) is 8.92. The number of hydrogen-bond donors (Lipinski definition) is 2. The van der Waals surface area contributed by atoms with E-state index in [1.807, 2.05) is 32.0 Å². The number of esters is 1. The van der Waals surface area contributed by atoms with Gasteiger partial charge in [-0.1, -0.05) is 32.9 Å². The summed E-state index contributed by atoms with van der Waals surface area (Å²) < 4.78 is 5.02. The average Bonchev–Trinajstić information content (AvgIpc) is 2.93. The van der Waals surface area contributed by atoms with Gasteiger partial charge < -0.3 is 15.4 Å². The third kappa shape index (κ3) is 5.11. The van der Waals surface area contributed by atoms with Crippen LogP contribution in [0.1, 0.15) is 57.6 Å². The van der Waals surface area contributed by atoms with Crippen molar-refractivity contribution in [2.24, 2.45) is 11.3 Å². The molecule has 8 heteroatoms. The van der Waals surface area contributed by atoms with Crippen molar-refractivity contribution in [2.45, 2.75) is 65.8 Å². The predicted molar refractivity (Wildman–Crippen MR) is 120 cm³/mol. The van der Waals surface area contributed by atoms with Crippen LogP contribution in [-0.2, 0) is 19.1 Å². The molecule has 2 fully saturated rings. The van der Waals surface area contributed by atoms with Gasteiger partial charge in [0, 0.05) is 5.69 Å². The van der Waals surface area contributed by atoms with E-state index in [4.69, 9.17) is 4.74 Å². The van der Waals surface area contributed by atoms with Crippen LogP contribution in [0, 0.1) is 25.2 Å². The summed E-state index contributed by atoms with van der Waals surface area (Å²) in [5.74, 6) is -1.19. The summed E-state index contributed by atoms with van der Waals surface area (Å²) >= 11 is 0. The number of rotatable bonds is 5. The molecule has 4 amide bonds. The molecule has 0 atom stereocenters. The van der Waals surface area contributed by atoms with Crippen molar-refractivity contribution in [3.05, 3.63) is 29.3 Å². The SMILES string of the molecule is Cc1ccc(C)c(NC(=O)COC(=O)CN2C(=O)NC3(CCC(C(C)(C)C)CC3)C2=O)c1. The first kappa shape index (κ1) is 23.8. The van der Waals surface area contributed by atoms with Crippen molar-refractivity contribution in [3.63, 3.8) is 0 Å². The average molecular weight is 444 g/mol. The Bertz CT molecular complexity index is 926. The van der Waals surface area contributed by atoms with Gasteiger partial charge in [0.2, 0.25) is 0 Å². The van der Waals surface area contributed by atoms with E-state index in [1.165, 1.54) is 0 Å². The van der Waals surface area contributed by atoms with Crippen LogP contribution in [0.15, 0.2) is 18.2 Å². The smallest absolute Gasteiger partial charge is 0.326 e. The number of hydrogen-bond acceptors (Lipinski definition) is 5. The number of amides is 4. The van der Waals surface area contributed by atoms with Crippen LogP contribution in [0.25, 0.3) is 0 Å². The van der Waals surface area contributed by atoms with E-state index >= 15 is 0 Å². The standard InChI is InChI=1S/C24H33N3O5/c1-15-6-7-16(2)18(12-15)25-19(28)14-32-20(29)13-27-21(30)24(26-22(27)31)10-8-17(9-11-24)23(3,4)5/h6-7,12,17H,8-11,13-14H2,1-5H3,(H,25,28)(H,26,31). The molecule has 174 valence electrons. The minimum absolute atomic E-state index is 0.147. The normalized spacial score (nSPS) is 23.3. The zero-order valence-corrected chi connectivity index (χ0v) is 19.5. The number of urea groups is 1. The molecular formula is C24H33N3O5. The Balaban J connectivity index is 1.52. The molecule has 2 N–H and O–H groups in total. The van der Waals surface area contributed by atoms with E-state index in [-0.39, 0.29) is 11.3 Å². The maximum atomic E-state index is 13.0. The lowest BCUT2D eigenvalue weighted by atomic mass is 9.67. The third-order valence-electron chi connectivity index (χ3n) is 6.63.